The zero-order valence-corrected chi connectivity index (χ0v) is 28.6. The van der Waals surface area contributed by atoms with E-state index in [0.717, 1.165) is 37.7 Å². The van der Waals surface area contributed by atoms with Gasteiger partial charge in [0.1, 0.15) is 0 Å². The Labute approximate surface area is 267 Å². The van der Waals surface area contributed by atoms with Crippen molar-refractivity contribution in [3.8, 4) is 11.3 Å². The van der Waals surface area contributed by atoms with Gasteiger partial charge in [0.2, 0.25) is 0 Å². The maximum Gasteiger partial charge on any atom is 0.496 e. The van der Waals surface area contributed by atoms with E-state index in [1.807, 2.05) is 72.7 Å². The number of methoxy groups -OCH3 is 1. The average Bonchev–Trinajstić information content (AvgIpc) is 3.33. The first kappa shape index (κ1) is 33.0. The smallest absolute Gasteiger partial charge is 0.465 e. The fourth-order valence-corrected chi connectivity index (χ4v) is 6.43. The molecule has 1 aliphatic carbocycles. The quantitative estimate of drug-likeness (QED) is 0.172. The second-order valence-electron chi connectivity index (χ2n) is 14.1. The molecule has 44 heavy (non-hydrogen) atoms. The Hall–Kier alpha value is -2.34. The summed E-state index contributed by atoms with van der Waals surface area (Å²) in [5, 5.41) is 0.942. The first-order valence-electron chi connectivity index (χ1n) is 15.1. The van der Waals surface area contributed by atoms with Gasteiger partial charge in [-0.05, 0) is 70.9 Å². The number of hydrogen-bond acceptors (Lipinski definition) is 6. The predicted molar refractivity (Wildman–Crippen MR) is 171 cm³/mol. The largest absolute Gasteiger partial charge is 0.496 e. The number of halogens is 3. The van der Waals surface area contributed by atoms with Crippen LogP contribution in [-0.2, 0) is 30.0 Å². The molecule has 0 bridgehead atoms. The van der Waals surface area contributed by atoms with Crippen LogP contribution >= 0.6 is 15.9 Å². The average molecular weight is 675 g/mol. The molecule has 0 spiro atoms. The lowest BCUT2D eigenvalue weighted by atomic mass is 9.78. The summed E-state index contributed by atoms with van der Waals surface area (Å²) >= 11 is 3.63. The van der Waals surface area contributed by atoms with E-state index >= 15 is 0 Å². The van der Waals surface area contributed by atoms with Crippen LogP contribution in [0.2, 0.25) is 0 Å². The summed E-state index contributed by atoms with van der Waals surface area (Å²) < 4.78 is 55.9. The van der Waals surface area contributed by atoms with E-state index in [2.05, 4.69) is 20.5 Å². The second kappa shape index (κ2) is 11.5. The minimum Gasteiger partial charge on any atom is -0.465 e. The lowest BCUT2D eigenvalue weighted by Crippen LogP contribution is -2.41. The van der Waals surface area contributed by atoms with Crippen LogP contribution in [0.5, 0.6) is 0 Å². The van der Waals surface area contributed by atoms with Gasteiger partial charge in [-0.1, -0.05) is 29.8 Å². The van der Waals surface area contributed by atoms with Crippen molar-refractivity contribution < 1.29 is 32.4 Å². The fraction of sp³-hybridized carbons (Fsp3) is 0.576. The number of hydrogen-bond donors (Lipinski definition) is 0. The van der Waals surface area contributed by atoms with Gasteiger partial charge in [-0.3, -0.25) is 9.78 Å². The molecule has 1 aliphatic heterocycles. The van der Waals surface area contributed by atoms with Crippen molar-refractivity contribution in [3.63, 3.8) is 0 Å². The summed E-state index contributed by atoms with van der Waals surface area (Å²) in [6.45, 7) is 15.6. The van der Waals surface area contributed by atoms with Gasteiger partial charge in [-0.2, -0.15) is 0 Å². The van der Waals surface area contributed by atoms with Crippen LogP contribution < -0.4 is 5.46 Å². The fourth-order valence-electron chi connectivity index (χ4n) is 6.07. The van der Waals surface area contributed by atoms with E-state index < -0.39 is 35.7 Å². The Kier molecular flexibility index (Phi) is 8.62. The van der Waals surface area contributed by atoms with Gasteiger partial charge in [0.25, 0.3) is 5.92 Å². The lowest BCUT2D eigenvalue weighted by Gasteiger charge is -2.38. The molecule has 7 nitrogen and oxygen atoms in total. The molecule has 1 aromatic carbocycles. The molecule has 3 heterocycles. The maximum absolute atomic E-state index is 14.5. The molecule has 0 radical (unpaired) electrons. The van der Waals surface area contributed by atoms with Crippen LogP contribution in [0.3, 0.4) is 0 Å². The van der Waals surface area contributed by atoms with E-state index in [9.17, 15) is 13.6 Å². The highest BCUT2D eigenvalue weighted by Crippen LogP contribution is 2.51. The third-order valence-corrected chi connectivity index (χ3v) is 9.78. The molecule has 0 unspecified atom stereocenters. The van der Waals surface area contributed by atoms with E-state index in [1.54, 1.807) is 13.3 Å². The first-order valence-corrected chi connectivity index (χ1v) is 15.9. The Morgan fingerprint density at radius 2 is 1.82 bits per heavy atom. The molecule has 11 heteroatoms. The molecular weight excluding hydrogens is 633 g/mol. The van der Waals surface area contributed by atoms with Crippen molar-refractivity contribution in [1.29, 1.82) is 0 Å². The Morgan fingerprint density at radius 1 is 1.18 bits per heavy atom. The number of rotatable bonds is 9. The normalized spacial score (nSPS) is 20.1. The number of carbonyl (C=O) groups is 1. The molecule has 3 aromatic rings. The van der Waals surface area contributed by atoms with Crippen molar-refractivity contribution >= 4 is 45.4 Å². The van der Waals surface area contributed by atoms with Crippen LogP contribution in [0, 0.1) is 5.41 Å². The number of carbonyl (C=O) groups excluding carboxylic acids is 1. The van der Waals surface area contributed by atoms with E-state index in [0.29, 0.717) is 12.1 Å². The summed E-state index contributed by atoms with van der Waals surface area (Å²) in [6.07, 6.45) is 1.37. The number of esters is 1. The molecule has 1 atom stereocenters. The highest BCUT2D eigenvalue weighted by atomic mass is 79.9. The second-order valence-corrected chi connectivity index (χ2v) is 15.0. The van der Waals surface area contributed by atoms with Crippen LogP contribution in [0.15, 0.2) is 34.9 Å². The van der Waals surface area contributed by atoms with Gasteiger partial charge >= 0.3 is 13.1 Å². The minimum atomic E-state index is -2.73. The highest BCUT2D eigenvalue weighted by molar-refractivity contribution is 9.10. The molecule has 0 amide bonds. The summed E-state index contributed by atoms with van der Waals surface area (Å²) in [5.74, 6) is -3.08. The standard InChI is InChI=1S/C33H42BBrF2N2O5/c1-19(41-9)28-25(12-21(17-38-28)34-43-31(5,6)32(7,8)44-34)29-26(16-30(3,4)18-42-20(2)40)24-13-22(35)10-11-27(24)39(29)23-14-33(36,37)15-23/h10-13,17,19,23H,14-16,18H2,1-9H3/t19-/m0/s1. The Morgan fingerprint density at radius 3 is 2.39 bits per heavy atom. The molecule has 2 aliphatic rings. The molecule has 238 valence electrons. The Balaban J connectivity index is 1.78. The molecule has 2 aromatic heterocycles. The topological polar surface area (TPSA) is 71.8 Å². The van der Waals surface area contributed by atoms with Crippen molar-refractivity contribution in [1.82, 2.24) is 9.55 Å². The number of ether oxygens (including phenoxy) is 2. The number of nitrogens with zero attached hydrogens (tertiary/aromatic N) is 2. The summed E-state index contributed by atoms with van der Waals surface area (Å²) in [5.41, 5.74) is 3.24. The zero-order chi connectivity index (χ0) is 32.4. The van der Waals surface area contributed by atoms with Crippen molar-refractivity contribution in [3.05, 3.63) is 46.2 Å². The van der Waals surface area contributed by atoms with Gasteiger partial charge in [-0.15, -0.1) is 0 Å². The number of alkyl halides is 2. The molecule has 1 saturated carbocycles. The minimum absolute atomic E-state index is 0.206. The molecular formula is C33H42BBrF2N2O5. The number of pyridine rings is 1. The molecule has 5 rings (SSSR count). The summed E-state index contributed by atoms with van der Waals surface area (Å²) in [4.78, 5) is 16.6. The van der Waals surface area contributed by atoms with E-state index in [1.165, 1.54) is 6.92 Å². The highest BCUT2D eigenvalue weighted by Gasteiger charge is 2.52. The number of aromatic nitrogens is 2. The van der Waals surface area contributed by atoms with Gasteiger partial charge in [0, 0.05) is 70.9 Å². The predicted octanol–water partition coefficient (Wildman–Crippen LogP) is 7.57. The van der Waals surface area contributed by atoms with E-state index in [4.69, 9.17) is 23.8 Å². The SMILES string of the molecule is CO[C@@H](C)c1ncc(B2OC(C)(C)C(C)(C)O2)cc1-c1c(CC(C)(C)COC(C)=O)c2cc(Br)ccc2n1C1CC(F)(F)C1. The van der Waals surface area contributed by atoms with Gasteiger partial charge in [0.05, 0.1) is 35.3 Å². The molecule has 1 saturated heterocycles. The van der Waals surface area contributed by atoms with Crippen molar-refractivity contribution in [2.24, 2.45) is 5.41 Å². The molecule has 2 fully saturated rings. The first-order chi connectivity index (χ1) is 20.3. The number of fused-ring (bicyclic) bond motifs is 1. The van der Waals surface area contributed by atoms with Crippen LogP contribution in [-0.4, -0.2) is 53.5 Å². The van der Waals surface area contributed by atoms with Crippen molar-refractivity contribution in [2.75, 3.05) is 13.7 Å². The third kappa shape index (κ3) is 6.22. The maximum atomic E-state index is 14.5. The zero-order valence-electron chi connectivity index (χ0n) is 27.0. The number of benzene rings is 1. The van der Waals surface area contributed by atoms with Crippen LogP contribution in [0.1, 0.15) is 91.6 Å². The van der Waals surface area contributed by atoms with Gasteiger partial charge < -0.3 is 23.3 Å². The third-order valence-electron chi connectivity index (χ3n) is 9.28. The Bertz CT molecular complexity index is 1560. The van der Waals surface area contributed by atoms with E-state index in [-0.39, 0.29) is 31.5 Å². The molecule has 0 N–H and O–H groups in total. The van der Waals surface area contributed by atoms with Crippen LogP contribution in [0.25, 0.3) is 22.2 Å². The lowest BCUT2D eigenvalue weighted by molar-refractivity contribution is -0.143. The summed E-state index contributed by atoms with van der Waals surface area (Å²) in [6, 6.07) is 7.55. The van der Waals surface area contributed by atoms with Gasteiger partial charge in [0.15, 0.2) is 0 Å². The van der Waals surface area contributed by atoms with Crippen molar-refractivity contribution in [2.45, 2.75) is 104 Å². The monoisotopic (exact) mass is 674 g/mol. The van der Waals surface area contributed by atoms with Crippen LogP contribution in [0.4, 0.5) is 8.78 Å². The van der Waals surface area contributed by atoms with Gasteiger partial charge in [-0.25, -0.2) is 8.78 Å². The summed E-state index contributed by atoms with van der Waals surface area (Å²) in [7, 11) is 0.961.